The topological polar surface area (TPSA) is 71.4 Å². The molecule has 0 saturated carbocycles. The second-order valence-corrected chi connectivity index (χ2v) is 11.7. The van der Waals surface area contributed by atoms with Gasteiger partial charge in [0.05, 0.1) is 23.5 Å². The number of aryl methyl sites for hydroxylation is 3. The molecule has 45 heavy (non-hydrogen) atoms. The third-order valence-corrected chi connectivity index (χ3v) is 8.67. The summed E-state index contributed by atoms with van der Waals surface area (Å²) in [6, 6.07) is 31.6. The molecule has 0 spiro atoms. The summed E-state index contributed by atoms with van der Waals surface area (Å²) in [6.07, 6.45) is 2.77. The van der Waals surface area contributed by atoms with Gasteiger partial charge in [-0.1, -0.05) is 49.4 Å². The SMILES string of the molecule is CCc1cccc(C)c1-n1c(C)cc([C@@H]2[C@@H](c3ccccn3)NC(=S)N2c2ccc(NC(=O)COc3ccccc3)cc2)c1C. The van der Waals surface area contributed by atoms with E-state index in [-0.39, 0.29) is 24.6 Å². The number of nitrogens with one attached hydrogen (secondary N) is 2. The standard InChI is InChI=1S/C37H37N5O2S/c1-5-27-13-11-12-24(2)35(27)41-25(3)22-31(26(41)4)36-34(32-16-9-10-21-38-32)40-37(45)42(36)29-19-17-28(18-20-29)39-33(43)23-44-30-14-7-6-8-15-30/h6-22,34,36H,5,23H2,1-4H3,(H,39,43)(H,40,45)/t34-,36-/m1/s1. The van der Waals surface area contributed by atoms with Gasteiger partial charge in [0.15, 0.2) is 11.7 Å². The molecule has 228 valence electrons. The van der Waals surface area contributed by atoms with Crippen molar-refractivity contribution in [2.24, 2.45) is 0 Å². The van der Waals surface area contributed by atoms with Crippen LogP contribution in [0.1, 0.15) is 52.8 Å². The Morgan fingerprint density at radius 3 is 2.42 bits per heavy atom. The lowest BCUT2D eigenvalue weighted by molar-refractivity contribution is -0.118. The quantitative estimate of drug-likeness (QED) is 0.167. The second kappa shape index (κ2) is 13.0. The Morgan fingerprint density at radius 1 is 0.956 bits per heavy atom. The molecule has 3 aromatic carbocycles. The van der Waals surface area contributed by atoms with Gasteiger partial charge in [0, 0.05) is 29.0 Å². The van der Waals surface area contributed by atoms with Gasteiger partial charge in [0.2, 0.25) is 0 Å². The van der Waals surface area contributed by atoms with Crippen molar-refractivity contribution in [3.8, 4) is 11.4 Å². The Hall–Kier alpha value is -4.95. The van der Waals surface area contributed by atoms with Crippen LogP contribution in [0.15, 0.2) is 103 Å². The zero-order valence-corrected chi connectivity index (χ0v) is 26.8. The first kappa shape index (κ1) is 30.1. The zero-order chi connectivity index (χ0) is 31.5. The van der Waals surface area contributed by atoms with Crippen LogP contribution in [-0.2, 0) is 11.2 Å². The third-order valence-electron chi connectivity index (χ3n) is 8.36. The van der Waals surface area contributed by atoms with E-state index in [2.05, 4.69) is 72.1 Å². The van der Waals surface area contributed by atoms with Gasteiger partial charge in [-0.05, 0) is 111 Å². The largest absolute Gasteiger partial charge is 0.484 e. The van der Waals surface area contributed by atoms with E-state index in [9.17, 15) is 4.79 Å². The molecule has 1 aliphatic rings. The molecular weight excluding hydrogens is 579 g/mol. The number of para-hydroxylation sites is 2. The number of amides is 1. The highest BCUT2D eigenvalue weighted by Gasteiger charge is 2.42. The number of carbonyl (C=O) groups is 1. The van der Waals surface area contributed by atoms with Gasteiger partial charge in [-0.2, -0.15) is 0 Å². The molecule has 1 amide bonds. The second-order valence-electron chi connectivity index (χ2n) is 11.3. The molecule has 1 saturated heterocycles. The molecular formula is C37H37N5O2S. The van der Waals surface area contributed by atoms with E-state index in [1.807, 2.05) is 79.0 Å². The average molecular weight is 616 g/mol. The van der Waals surface area contributed by atoms with Crippen LogP contribution in [0.2, 0.25) is 0 Å². The van der Waals surface area contributed by atoms with Crippen LogP contribution in [0.25, 0.3) is 5.69 Å². The number of hydrogen-bond donors (Lipinski definition) is 2. The molecule has 0 radical (unpaired) electrons. The number of rotatable bonds is 9. The van der Waals surface area contributed by atoms with E-state index in [1.165, 1.54) is 33.8 Å². The van der Waals surface area contributed by atoms with Crippen molar-refractivity contribution < 1.29 is 9.53 Å². The maximum absolute atomic E-state index is 12.6. The summed E-state index contributed by atoms with van der Waals surface area (Å²) in [5.74, 6) is 0.424. The van der Waals surface area contributed by atoms with Crippen molar-refractivity contribution in [1.29, 1.82) is 0 Å². The maximum atomic E-state index is 12.6. The van der Waals surface area contributed by atoms with Crippen molar-refractivity contribution in [1.82, 2.24) is 14.9 Å². The third kappa shape index (κ3) is 6.06. The molecule has 2 N–H and O–H groups in total. The Labute approximate surface area is 269 Å². The predicted molar refractivity (Wildman–Crippen MR) is 184 cm³/mol. The van der Waals surface area contributed by atoms with Crippen LogP contribution in [0.4, 0.5) is 11.4 Å². The van der Waals surface area contributed by atoms with Gasteiger partial charge < -0.3 is 24.8 Å². The number of anilines is 2. The van der Waals surface area contributed by atoms with E-state index in [0.717, 1.165) is 17.8 Å². The summed E-state index contributed by atoms with van der Waals surface area (Å²) >= 11 is 5.99. The summed E-state index contributed by atoms with van der Waals surface area (Å²) in [7, 11) is 0. The van der Waals surface area contributed by atoms with Gasteiger partial charge in [0.1, 0.15) is 5.75 Å². The summed E-state index contributed by atoms with van der Waals surface area (Å²) in [4.78, 5) is 19.5. The highest BCUT2D eigenvalue weighted by Crippen LogP contribution is 2.44. The first-order chi connectivity index (χ1) is 21.9. The van der Waals surface area contributed by atoms with Crippen molar-refractivity contribution in [3.63, 3.8) is 0 Å². The average Bonchev–Trinajstić information content (AvgIpc) is 3.55. The Morgan fingerprint density at radius 2 is 1.71 bits per heavy atom. The monoisotopic (exact) mass is 615 g/mol. The van der Waals surface area contributed by atoms with Gasteiger partial charge in [-0.15, -0.1) is 0 Å². The fourth-order valence-electron chi connectivity index (χ4n) is 6.27. The maximum Gasteiger partial charge on any atom is 0.262 e. The predicted octanol–water partition coefficient (Wildman–Crippen LogP) is 7.55. The van der Waals surface area contributed by atoms with Gasteiger partial charge >= 0.3 is 0 Å². The molecule has 0 unspecified atom stereocenters. The van der Waals surface area contributed by atoms with Gasteiger partial charge in [-0.25, -0.2) is 0 Å². The summed E-state index contributed by atoms with van der Waals surface area (Å²) in [5, 5.41) is 7.13. The minimum Gasteiger partial charge on any atom is -0.484 e. The molecule has 0 aliphatic carbocycles. The molecule has 8 heteroatoms. The lowest BCUT2D eigenvalue weighted by atomic mass is 9.96. The first-order valence-corrected chi connectivity index (χ1v) is 15.6. The fourth-order valence-corrected chi connectivity index (χ4v) is 6.62. The number of nitrogens with zero attached hydrogens (tertiary/aromatic N) is 3. The smallest absolute Gasteiger partial charge is 0.262 e. The molecule has 1 fully saturated rings. The Balaban J connectivity index is 1.33. The summed E-state index contributed by atoms with van der Waals surface area (Å²) < 4.78 is 7.98. The van der Waals surface area contributed by atoms with E-state index in [4.69, 9.17) is 21.9 Å². The zero-order valence-electron chi connectivity index (χ0n) is 26.0. The van der Waals surface area contributed by atoms with Gasteiger partial charge in [-0.3, -0.25) is 9.78 Å². The molecule has 2 aromatic heterocycles. The van der Waals surface area contributed by atoms with E-state index >= 15 is 0 Å². The normalized spacial score (nSPS) is 16.0. The fraction of sp³-hybridized carbons (Fsp3) is 0.216. The lowest BCUT2D eigenvalue weighted by Gasteiger charge is -2.28. The Kier molecular flexibility index (Phi) is 8.67. The van der Waals surface area contributed by atoms with E-state index < -0.39 is 0 Å². The first-order valence-electron chi connectivity index (χ1n) is 15.2. The van der Waals surface area contributed by atoms with E-state index in [0.29, 0.717) is 16.5 Å². The van der Waals surface area contributed by atoms with Crippen LogP contribution in [0.3, 0.4) is 0 Å². The van der Waals surface area contributed by atoms with Crippen molar-refractivity contribution >= 4 is 34.6 Å². The molecule has 5 aromatic rings. The molecule has 1 aliphatic heterocycles. The Bertz CT molecular complexity index is 1820. The molecule has 0 bridgehead atoms. The minimum atomic E-state index is -0.229. The van der Waals surface area contributed by atoms with Crippen LogP contribution >= 0.6 is 12.2 Å². The lowest BCUT2D eigenvalue weighted by Crippen LogP contribution is -2.29. The number of ether oxygens (including phenoxy) is 1. The van der Waals surface area contributed by atoms with Crippen LogP contribution in [0, 0.1) is 20.8 Å². The van der Waals surface area contributed by atoms with Crippen LogP contribution in [-0.4, -0.2) is 27.2 Å². The van der Waals surface area contributed by atoms with E-state index in [1.54, 1.807) is 0 Å². The van der Waals surface area contributed by atoms with Crippen LogP contribution in [0.5, 0.6) is 5.75 Å². The van der Waals surface area contributed by atoms with Crippen LogP contribution < -0.4 is 20.3 Å². The summed E-state index contributed by atoms with van der Waals surface area (Å²) in [6.45, 7) is 8.67. The minimum absolute atomic E-state index is 0.0734. The number of carbonyl (C=O) groups excluding carboxylic acids is 1. The highest BCUT2D eigenvalue weighted by molar-refractivity contribution is 7.80. The summed E-state index contributed by atoms with van der Waals surface area (Å²) in [5.41, 5.74) is 9.83. The van der Waals surface area contributed by atoms with Crippen molar-refractivity contribution in [2.45, 2.75) is 46.2 Å². The molecule has 3 heterocycles. The molecule has 7 nitrogen and oxygen atoms in total. The van der Waals surface area contributed by atoms with Gasteiger partial charge in [0.25, 0.3) is 5.91 Å². The number of benzene rings is 3. The number of pyridine rings is 1. The van der Waals surface area contributed by atoms with Crippen molar-refractivity contribution in [3.05, 3.63) is 137 Å². The van der Waals surface area contributed by atoms with Crippen molar-refractivity contribution in [2.75, 3.05) is 16.8 Å². The molecule has 6 rings (SSSR count). The molecule has 2 atom stereocenters. The number of hydrogen-bond acceptors (Lipinski definition) is 4. The number of aromatic nitrogens is 2. The number of thiocarbonyl (C=S) groups is 1. The highest BCUT2D eigenvalue weighted by atomic mass is 32.1.